The molecule has 0 spiro atoms. The van der Waals surface area contributed by atoms with Crippen molar-refractivity contribution in [2.45, 2.75) is 42.9 Å². The first-order valence-corrected chi connectivity index (χ1v) is 12.6. The van der Waals surface area contributed by atoms with Gasteiger partial charge in [-0.25, -0.2) is 8.42 Å². The molecular formula is C22H28N2O3S2. The summed E-state index contributed by atoms with van der Waals surface area (Å²) in [7, 11) is -3.51. The number of nitrogens with one attached hydrogen (secondary N) is 1. The maximum atomic E-state index is 12.9. The van der Waals surface area contributed by atoms with Crippen LogP contribution in [-0.4, -0.2) is 43.5 Å². The van der Waals surface area contributed by atoms with Crippen LogP contribution in [0.2, 0.25) is 0 Å². The maximum absolute atomic E-state index is 12.9. The summed E-state index contributed by atoms with van der Waals surface area (Å²) >= 11 is 1.77. The number of carbonyl (C=O) groups excluding carboxylic acids is 1. The van der Waals surface area contributed by atoms with Gasteiger partial charge in [-0.05, 0) is 49.6 Å². The lowest BCUT2D eigenvalue weighted by Crippen LogP contribution is -2.41. The highest BCUT2D eigenvalue weighted by Gasteiger charge is 2.30. The van der Waals surface area contributed by atoms with Gasteiger partial charge in [-0.1, -0.05) is 36.8 Å². The van der Waals surface area contributed by atoms with Crippen molar-refractivity contribution in [2.75, 3.05) is 18.8 Å². The molecule has 1 aliphatic heterocycles. The Bertz CT molecular complexity index is 899. The number of nitrogens with zero attached hydrogens (tertiary/aromatic N) is 1. The first-order valence-electron chi connectivity index (χ1n) is 10.0. The molecule has 3 rings (SSSR count). The molecule has 2 aromatic rings. The van der Waals surface area contributed by atoms with Crippen LogP contribution >= 0.6 is 11.8 Å². The van der Waals surface area contributed by atoms with Crippen LogP contribution in [0.15, 0.2) is 59.5 Å². The fraction of sp³-hybridized carbons (Fsp3) is 0.409. The number of piperidine rings is 1. The van der Waals surface area contributed by atoms with E-state index < -0.39 is 10.0 Å². The zero-order chi connectivity index (χ0) is 20.7. The highest BCUT2D eigenvalue weighted by Crippen LogP contribution is 2.25. The van der Waals surface area contributed by atoms with Crippen LogP contribution in [0.3, 0.4) is 0 Å². The van der Waals surface area contributed by atoms with Crippen LogP contribution < -0.4 is 5.32 Å². The van der Waals surface area contributed by atoms with E-state index in [4.69, 9.17) is 0 Å². The average Bonchev–Trinajstić information content (AvgIpc) is 2.74. The summed E-state index contributed by atoms with van der Waals surface area (Å²) in [6.07, 6.45) is 2.85. The van der Waals surface area contributed by atoms with Crippen molar-refractivity contribution < 1.29 is 13.2 Å². The SMILES string of the molecule is C[C@@H]1CCCCN1S(=O)(=O)c1ccc(C(=O)NCCSCc2ccccc2)cc1. The molecular weight excluding hydrogens is 404 g/mol. The van der Waals surface area contributed by atoms with E-state index in [-0.39, 0.29) is 16.8 Å². The number of carbonyl (C=O) groups is 1. The molecule has 0 radical (unpaired) electrons. The van der Waals surface area contributed by atoms with Crippen LogP contribution in [-0.2, 0) is 15.8 Å². The standard InChI is InChI=1S/C22H28N2O3S2/c1-18-7-5-6-15-24(18)29(26,27)21-12-10-20(11-13-21)22(25)23-14-16-28-17-19-8-3-2-4-9-19/h2-4,8-13,18H,5-7,14-17H2,1H3,(H,23,25)/t18-/m1/s1. The van der Waals surface area contributed by atoms with Gasteiger partial charge in [-0.3, -0.25) is 4.79 Å². The summed E-state index contributed by atoms with van der Waals surface area (Å²) in [5, 5.41) is 2.89. The molecule has 1 atom stereocenters. The summed E-state index contributed by atoms with van der Waals surface area (Å²) in [6, 6.07) is 16.5. The highest BCUT2D eigenvalue weighted by atomic mass is 32.2. The van der Waals surface area contributed by atoms with Gasteiger partial charge < -0.3 is 5.32 Å². The van der Waals surface area contributed by atoms with Gasteiger partial charge in [0.15, 0.2) is 0 Å². The average molecular weight is 433 g/mol. The second kappa shape index (κ2) is 10.3. The van der Waals surface area contributed by atoms with Crippen LogP contribution in [0.4, 0.5) is 0 Å². The molecule has 7 heteroatoms. The van der Waals surface area contributed by atoms with Crippen LogP contribution in [0.25, 0.3) is 0 Å². The molecule has 0 aliphatic carbocycles. The molecule has 29 heavy (non-hydrogen) atoms. The minimum Gasteiger partial charge on any atom is -0.351 e. The molecule has 2 aromatic carbocycles. The van der Waals surface area contributed by atoms with Crippen LogP contribution in [0.5, 0.6) is 0 Å². The van der Waals surface area contributed by atoms with Crippen molar-refractivity contribution in [3.05, 3.63) is 65.7 Å². The Morgan fingerprint density at radius 3 is 2.52 bits per heavy atom. The Morgan fingerprint density at radius 1 is 1.10 bits per heavy atom. The van der Waals surface area contributed by atoms with Crippen molar-refractivity contribution in [1.29, 1.82) is 0 Å². The van der Waals surface area contributed by atoms with E-state index in [9.17, 15) is 13.2 Å². The Balaban J connectivity index is 1.49. The lowest BCUT2D eigenvalue weighted by atomic mass is 10.1. The molecule has 1 fully saturated rings. The van der Waals surface area contributed by atoms with Crippen LogP contribution in [0.1, 0.15) is 42.1 Å². The fourth-order valence-corrected chi connectivity index (χ4v) is 5.96. The Kier molecular flexibility index (Phi) is 7.75. The molecule has 0 saturated carbocycles. The van der Waals surface area contributed by atoms with Crippen molar-refractivity contribution in [1.82, 2.24) is 9.62 Å². The van der Waals surface area contributed by atoms with E-state index in [1.54, 1.807) is 28.2 Å². The number of benzene rings is 2. The molecule has 0 aromatic heterocycles. The number of amides is 1. The van der Waals surface area contributed by atoms with Gasteiger partial charge in [-0.15, -0.1) is 0 Å². The van der Waals surface area contributed by atoms with Crippen LogP contribution in [0, 0.1) is 0 Å². The van der Waals surface area contributed by atoms with E-state index in [0.717, 1.165) is 30.8 Å². The minimum atomic E-state index is -3.51. The number of hydrogen-bond donors (Lipinski definition) is 1. The predicted octanol–water partition coefficient (Wildman–Crippen LogP) is 3.91. The number of hydrogen-bond acceptors (Lipinski definition) is 4. The second-order valence-corrected chi connectivity index (χ2v) is 10.3. The zero-order valence-corrected chi connectivity index (χ0v) is 18.3. The van der Waals surface area contributed by atoms with Gasteiger partial charge in [0.25, 0.3) is 5.91 Å². The molecule has 1 heterocycles. The van der Waals surface area contributed by atoms with Gasteiger partial charge in [0.2, 0.25) is 10.0 Å². The van der Waals surface area contributed by atoms with E-state index in [1.807, 2.05) is 25.1 Å². The lowest BCUT2D eigenvalue weighted by Gasteiger charge is -2.32. The topological polar surface area (TPSA) is 66.5 Å². The fourth-order valence-electron chi connectivity index (χ4n) is 3.45. The Labute approximate surface area is 177 Å². The molecule has 156 valence electrons. The van der Waals surface area contributed by atoms with Crippen molar-refractivity contribution in [2.24, 2.45) is 0 Å². The van der Waals surface area contributed by atoms with Gasteiger partial charge >= 0.3 is 0 Å². The molecule has 1 N–H and O–H groups in total. The van der Waals surface area contributed by atoms with Gasteiger partial charge in [-0.2, -0.15) is 16.1 Å². The third-order valence-corrected chi connectivity index (χ3v) is 8.17. The molecule has 1 aliphatic rings. The molecule has 1 amide bonds. The normalized spacial score (nSPS) is 17.8. The number of sulfonamides is 1. The number of rotatable bonds is 8. The lowest BCUT2D eigenvalue weighted by molar-refractivity contribution is 0.0956. The molecule has 5 nitrogen and oxygen atoms in total. The smallest absolute Gasteiger partial charge is 0.251 e. The summed E-state index contributed by atoms with van der Waals surface area (Å²) in [5.41, 5.74) is 1.74. The summed E-state index contributed by atoms with van der Waals surface area (Å²) in [6.45, 7) is 3.09. The van der Waals surface area contributed by atoms with Gasteiger partial charge in [0.1, 0.15) is 0 Å². The molecule has 0 bridgehead atoms. The maximum Gasteiger partial charge on any atom is 0.251 e. The third kappa shape index (κ3) is 5.84. The van der Waals surface area contributed by atoms with E-state index in [0.29, 0.717) is 18.7 Å². The van der Waals surface area contributed by atoms with Crippen molar-refractivity contribution in [3.8, 4) is 0 Å². The molecule has 1 saturated heterocycles. The third-order valence-electron chi connectivity index (χ3n) is 5.11. The van der Waals surface area contributed by atoms with Crippen molar-refractivity contribution in [3.63, 3.8) is 0 Å². The highest BCUT2D eigenvalue weighted by molar-refractivity contribution is 7.98. The quantitative estimate of drug-likeness (QED) is 0.642. The first-order chi connectivity index (χ1) is 14.0. The van der Waals surface area contributed by atoms with Crippen molar-refractivity contribution >= 4 is 27.7 Å². The Hall–Kier alpha value is -1.83. The Morgan fingerprint density at radius 2 is 1.83 bits per heavy atom. The number of thioether (sulfide) groups is 1. The van der Waals surface area contributed by atoms with E-state index in [1.165, 1.54) is 17.7 Å². The summed E-state index contributed by atoms with van der Waals surface area (Å²) in [4.78, 5) is 12.6. The van der Waals surface area contributed by atoms with E-state index in [2.05, 4.69) is 17.4 Å². The van der Waals surface area contributed by atoms with Gasteiger partial charge in [0, 0.05) is 36.2 Å². The first kappa shape index (κ1) is 21.9. The largest absolute Gasteiger partial charge is 0.351 e. The minimum absolute atomic E-state index is 0.0186. The summed E-state index contributed by atoms with van der Waals surface area (Å²) < 4.78 is 27.3. The van der Waals surface area contributed by atoms with Gasteiger partial charge in [0.05, 0.1) is 4.90 Å². The van der Waals surface area contributed by atoms with E-state index >= 15 is 0 Å². The summed E-state index contributed by atoms with van der Waals surface area (Å²) in [5.74, 6) is 1.55. The molecule has 0 unspecified atom stereocenters. The monoisotopic (exact) mass is 432 g/mol. The zero-order valence-electron chi connectivity index (χ0n) is 16.7. The predicted molar refractivity (Wildman–Crippen MR) is 119 cm³/mol. The second-order valence-electron chi connectivity index (χ2n) is 7.28.